The Morgan fingerprint density at radius 1 is 1.07 bits per heavy atom. The number of rotatable bonds is 5. The van der Waals surface area contributed by atoms with Gasteiger partial charge in [0.1, 0.15) is 0 Å². The fourth-order valence-electron chi connectivity index (χ4n) is 2.23. The van der Waals surface area contributed by atoms with Gasteiger partial charge in [0.2, 0.25) is 0 Å². The van der Waals surface area contributed by atoms with Crippen LogP contribution >= 0.6 is 22.9 Å². The molecule has 0 aliphatic rings. The molecule has 1 heterocycles. The highest BCUT2D eigenvalue weighted by molar-refractivity contribution is 7.14. The minimum Gasteiger partial charge on any atom is -0.298 e. The van der Waals surface area contributed by atoms with Gasteiger partial charge in [-0.05, 0) is 6.07 Å². The third-order valence-electron chi connectivity index (χ3n) is 3.46. The van der Waals surface area contributed by atoms with Crippen LogP contribution in [0.4, 0.5) is 16.5 Å². The molecule has 0 aliphatic carbocycles. The summed E-state index contributed by atoms with van der Waals surface area (Å²) in [6.45, 7) is 0. The summed E-state index contributed by atoms with van der Waals surface area (Å²) >= 11 is 7.24. The second-order valence-electron chi connectivity index (χ2n) is 5.22. The molecule has 0 saturated carbocycles. The molecular formula is C16H9ClN4O5S. The van der Waals surface area contributed by atoms with E-state index in [2.05, 4.69) is 10.3 Å². The smallest absolute Gasteiger partial charge is 0.277 e. The van der Waals surface area contributed by atoms with Gasteiger partial charge in [0.25, 0.3) is 17.3 Å². The predicted octanol–water partition coefficient (Wildman–Crippen LogP) is 4.53. The highest BCUT2D eigenvalue weighted by atomic mass is 35.5. The van der Waals surface area contributed by atoms with Gasteiger partial charge in [0.15, 0.2) is 5.13 Å². The molecule has 1 aromatic heterocycles. The normalized spacial score (nSPS) is 10.4. The van der Waals surface area contributed by atoms with E-state index >= 15 is 0 Å². The zero-order valence-corrected chi connectivity index (χ0v) is 14.9. The minimum atomic E-state index is -0.803. The number of thiazole rings is 1. The first-order valence-electron chi connectivity index (χ1n) is 7.31. The van der Waals surface area contributed by atoms with Crippen molar-refractivity contribution in [2.45, 2.75) is 0 Å². The Labute approximate surface area is 160 Å². The van der Waals surface area contributed by atoms with Crippen LogP contribution < -0.4 is 5.32 Å². The number of amides is 1. The Hall–Kier alpha value is -3.37. The Kier molecular flexibility index (Phi) is 5.10. The van der Waals surface area contributed by atoms with Crippen molar-refractivity contribution in [3.63, 3.8) is 0 Å². The number of hydrogen-bond donors (Lipinski definition) is 1. The number of nitrogens with one attached hydrogen (secondary N) is 1. The van der Waals surface area contributed by atoms with Crippen LogP contribution in [0.25, 0.3) is 11.3 Å². The van der Waals surface area contributed by atoms with Gasteiger partial charge in [-0.15, -0.1) is 11.3 Å². The summed E-state index contributed by atoms with van der Waals surface area (Å²) in [5.41, 5.74) is -0.0892. The van der Waals surface area contributed by atoms with Crippen molar-refractivity contribution >= 4 is 45.4 Å². The molecule has 1 amide bonds. The summed E-state index contributed by atoms with van der Waals surface area (Å²) in [5, 5.41) is 26.7. The lowest BCUT2D eigenvalue weighted by molar-refractivity contribution is -0.394. The average Bonchev–Trinajstić information content (AvgIpc) is 3.09. The highest BCUT2D eigenvalue weighted by Crippen LogP contribution is 2.30. The van der Waals surface area contributed by atoms with Crippen molar-refractivity contribution in [3.8, 4) is 11.3 Å². The molecule has 136 valence electrons. The molecule has 0 saturated heterocycles. The van der Waals surface area contributed by atoms with Crippen molar-refractivity contribution in [1.29, 1.82) is 0 Å². The van der Waals surface area contributed by atoms with Gasteiger partial charge in [0, 0.05) is 28.1 Å². The maximum Gasteiger partial charge on any atom is 0.277 e. The monoisotopic (exact) mass is 404 g/mol. The summed E-state index contributed by atoms with van der Waals surface area (Å²) in [6.07, 6.45) is 0. The Morgan fingerprint density at radius 2 is 1.70 bits per heavy atom. The number of hydrogen-bond acceptors (Lipinski definition) is 7. The Balaban J connectivity index is 1.87. The summed E-state index contributed by atoms with van der Waals surface area (Å²) in [4.78, 5) is 36.9. The number of anilines is 1. The average molecular weight is 405 g/mol. The molecule has 3 aromatic rings. The molecule has 0 atom stereocenters. The minimum absolute atomic E-state index is 0.217. The quantitative estimate of drug-likeness (QED) is 0.491. The maximum atomic E-state index is 12.4. The van der Waals surface area contributed by atoms with E-state index in [0.29, 0.717) is 16.3 Å². The number of benzene rings is 2. The molecule has 0 radical (unpaired) electrons. The molecule has 3 rings (SSSR count). The van der Waals surface area contributed by atoms with Crippen LogP contribution in [0.2, 0.25) is 5.02 Å². The number of carbonyl (C=O) groups is 1. The third kappa shape index (κ3) is 4.07. The number of nitro groups is 2. The van der Waals surface area contributed by atoms with Crippen molar-refractivity contribution in [2.75, 3.05) is 5.32 Å². The van der Waals surface area contributed by atoms with E-state index < -0.39 is 27.1 Å². The largest absolute Gasteiger partial charge is 0.298 e. The van der Waals surface area contributed by atoms with Crippen molar-refractivity contribution in [3.05, 3.63) is 78.7 Å². The van der Waals surface area contributed by atoms with Crippen LogP contribution in [-0.4, -0.2) is 20.7 Å². The third-order valence-corrected chi connectivity index (χ3v) is 4.55. The summed E-state index contributed by atoms with van der Waals surface area (Å²) in [7, 11) is 0. The lowest BCUT2D eigenvalue weighted by Gasteiger charge is -2.03. The van der Waals surface area contributed by atoms with E-state index in [1.165, 1.54) is 0 Å². The Bertz CT molecular complexity index is 1040. The van der Waals surface area contributed by atoms with Crippen LogP contribution in [0.1, 0.15) is 10.4 Å². The van der Waals surface area contributed by atoms with Crippen molar-refractivity contribution < 1.29 is 14.6 Å². The first kappa shape index (κ1) is 18.4. The lowest BCUT2D eigenvalue weighted by Crippen LogP contribution is -2.12. The van der Waals surface area contributed by atoms with E-state index in [4.69, 9.17) is 11.6 Å². The molecule has 0 aliphatic heterocycles. The zero-order chi connectivity index (χ0) is 19.6. The van der Waals surface area contributed by atoms with E-state index in [0.717, 1.165) is 29.5 Å². The molecule has 0 bridgehead atoms. The van der Waals surface area contributed by atoms with E-state index in [1.807, 2.05) is 0 Å². The fourth-order valence-corrected chi connectivity index (χ4v) is 3.17. The van der Waals surface area contributed by atoms with Gasteiger partial charge < -0.3 is 0 Å². The van der Waals surface area contributed by atoms with Crippen LogP contribution in [0.5, 0.6) is 0 Å². The van der Waals surface area contributed by atoms with Crippen LogP contribution in [0.15, 0.2) is 47.8 Å². The van der Waals surface area contributed by atoms with Gasteiger partial charge in [0.05, 0.1) is 27.2 Å². The number of non-ortho nitro benzene ring substituents is 2. The summed E-state index contributed by atoms with van der Waals surface area (Å²) in [5.74, 6) is -0.748. The van der Waals surface area contributed by atoms with E-state index in [1.54, 1.807) is 29.6 Å². The van der Waals surface area contributed by atoms with Crippen LogP contribution in [0, 0.1) is 20.2 Å². The SMILES string of the molecule is O=C(Nc1nc(-c2ccccc2Cl)cs1)c1cc([N+](=O)[O-])cc([N+](=O)[O-])c1. The molecule has 1 N–H and O–H groups in total. The Morgan fingerprint density at radius 3 is 2.30 bits per heavy atom. The summed E-state index contributed by atoms with van der Waals surface area (Å²) < 4.78 is 0. The molecule has 27 heavy (non-hydrogen) atoms. The number of carbonyl (C=O) groups excluding carboxylic acids is 1. The lowest BCUT2D eigenvalue weighted by atomic mass is 10.1. The van der Waals surface area contributed by atoms with Gasteiger partial charge in [-0.2, -0.15) is 0 Å². The van der Waals surface area contributed by atoms with Gasteiger partial charge in [-0.25, -0.2) is 4.98 Å². The summed E-state index contributed by atoms with van der Waals surface area (Å²) in [6, 6.07) is 9.76. The number of nitrogens with zero attached hydrogens (tertiary/aromatic N) is 3. The zero-order valence-electron chi connectivity index (χ0n) is 13.3. The van der Waals surface area contributed by atoms with E-state index in [9.17, 15) is 25.0 Å². The maximum absolute atomic E-state index is 12.4. The molecule has 0 fully saturated rings. The molecular weight excluding hydrogens is 396 g/mol. The van der Waals surface area contributed by atoms with Crippen LogP contribution in [-0.2, 0) is 0 Å². The number of nitro benzene ring substituents is 2. The standard InChI is InChI=1S/C16H9ClN4O5S/c17-13-4-2-1-3-12(13)14-8-27-16(18-14)19-15(22)9-5-10(20(23)24)7-11(6-9)21(25)26/h1-8H,(H,18,19,22). The first-order chi connectivity index (χ1) is 12.8. The fraction of sp³-hybridized carbons (Fsp3) is 0. The molecule has 9 nitrogen and oxygen atoms in total. The number of halogens is 1. The van der Waals surface area contributed by atoms with Gasteiger partial charge in [-0.1, -0.05) is 29.8 Å². The topological polar surface area (TPSA) is 128 Å². The first-order valence-corrected chi connectivity index (χ1v) is 8.56. The van der Waals surface area contributed by atoms with Crippen molar-refractivity contribution in [2.24, 2.45) is 0 Å². The molecule has 0 spiro atoms. The second kappa shape index (κ2) is 7.48. The molecule has 0 unspecified atom stereocenters. The molecule has 2 aromatic carbocycles. The predicted molar refractivity (Wildman–Crippen MR) is 100 cm³/mol. The van der Waals surface area contributed by atoms with Gasteiger partial charge in [-0.3, -0.25) is 30.3 Å². The second-order valence-corrected chi connectivity index (χ2v) is 6.49. The van der Waals surface area contributed by atoms with Crippen LogP contribution in [0.3, 0.4) is 0 Å². The van der Waals surface area contributed by atoms with Crippen molar-refractivity contribution in [1.82, 2.24) is 4.98 Å². The highest BCUT2D eigenvalue weighted by Gasteiger charge is 2.20. The van der Waals surface area contributed by atoms with E-state index in [-0.39, 0.29) is 10.7 Å². The number of aromatic nitrogens is 1. The molecule has 11 heteroatoms. The van der Waals surface area contributed by atoms with Gasteiger partial charge >= 0.3 is 0 Å².